The van der Waals surface area contributed by atoms with Gasteiger partial charge in [-0.2, -0.15) is 8.42 Å². The van der Waals surface area contributed by atoms with Gasteiger partial charge < -0.3 is 20.1 Å². The maximum absolute atomic E-state index is 14.3. The van der Waals surface area contributed by atoms with Gasteiger partial charge in [-0.15, -0.1) is 0 Å². The molecule has 4 atom stereocenters. The van der Waals surface area contributed by atoms with Crippen LogP contribution in [0.1, 0.15) is 27.9 Å². The van der Waals surface area contributed by atoms with Crippen LogP contribution in [-0.4, -0.2) is 63.8 Å². The molecule has 0 unspecified atom stereocenters. The number of aliphatic hydroxyl groups is 2. The first kappa shape index (κ1) is 28.3. The lowest BCUT2D eigenvalue weighted by molar-refractivity contribution is 0.00778. The Labute approximate surface area is 237 Å². The van der Waals surface area contributed by atoms with Crippen LogP contribution in [0.2, 0.25) is 0 Å². The van der Waals surface area contributed by atoms with Crippen molar-refractivity contribution in [3.63, 3.8) is 0 Å². The zero-order chi connectivity index (χ0) is 28.6. The van der Waals surface area contributed by atoms with Crippen LogP contribution in [0, 0.1) is 11.7 Å². The van der Waals surface area contributed by atoms with Crippen LogP contribution in [0.5, 0.6) is 0 Å². The smallest absolute Gasteiger partial charge is 0.333 e. The molecule has 1 aliphatic rings. The van der Waals surface area contributed by atoms with Crippen molar-refractivity contribution in [2.75, 3.05) is 11.9 Å². The van der Waals surface area contributed by atoms with Gasteiger partial charge in [0.25, 0.3) is 0 Å². The molecule has 14 heteroatoms. The largest absolute Gasteiger partial charge is 0.390 e. The average molecular weight is 634 g/mol. The molecule has 1 aliphatic carbocycles. The molecule has 11 nitrogen and oxygen atoms in total. The van der Waals surface area contributed by atoms with Crippen molar-refractivity contribution in [2.45, 2.75) is 31.2 Å². The first-order valence-corrected chi connectivity index (χ1v) is 14.4. The molecule has 210 valence electrons. The van der Waals surface area contributed by atoms with Crippen LogP contribution >= 0.6 is 15.9 Å². The number of carbonyl (C=O) groups excluding carboxylic acids is 1. The number of rotatable bonds is 9. The van der Waals surface area contributed by atoms with E-state index in [0.29, 0.717) is 17.4 Å². The molecule has 0 saturated heterocycles. The Kier molecular flexibility index (Phi) is 7.99. The molecule has 40 heavy (non-hydrogen) atoms. The van der Waals surface area contributed by atoms with Gasteiger partial charge in [0, 0.05) is 45.8 Å². The highest BCUT2D eigenvalue weighted by Crippen LogP contribution is 2.32. The van der Waals surface area contributed by atoms with Gasteiger partial charge in [-0.1, -0.05) is 28.1 Å². The summed E-state index contributed by atoms with van der Waals surface area (Å²) in [6, 6.07) is 11.1. The van der Waals surface area contributed by atoms with Crippen LogP contribution in [-0.2, 0) is 21.0 Å². The molecule has 1 fully saturated rings. The van der Waals surface area contributed by atoms with E-state index in [2.05, 4.69) is 35.4 Å². The van der Waals surface area contributed by atoms with Gasteiger partial charge in [0.15, 0.2) is 5.78 Å². The molecule has 2 aromatic carbocycles. The summed E-state index contributed by atoms with van der Waals surface area (Å²) in [5, 5.41) is 29.2. The van der Waals surface area contributed by atoms with Crippen molar-refractivity contribution in [1.82, 2.24) is 14.5 Å². The molecule has 0 amide bonds. The fourth-order valence-electron chi connectivity index (χ4n) is 4.96. The Morgan fingerprint density at radius 1 is 1.20 bits per heavy atom. The van der Waals surface area contributed by atoms with Crippen molar-refractivity contribution >= 4 is 48.7 Å². The lowest BCUT2D eigenvalue weighted by Gasteiger charge is -2.19. The lowest BCUT2D eigenvalue weighted by atomic mass is 10.0. The topological polar surface area (TPSA) is 170 Å². The van der Waals surface area contributed by atoms with E-state index in [4.69, 9.17) is 5.14 Å². The Balaban J connectivity index is 1.45. The standard InChI is InChI=1S/C26H25BrFN5O6S/c27-16-3-1-2-14(6-16)10-33-11-20(18-8-17(28)4-5-22(18)33)24(35)19-9-30-13-31-26(19)32-21-7-15(23(34)25(21)36)12-39-40(29,37)38/h1-6,8-9,11,13,15,21,23,25,34,36H,7,10,12H2,(H2,29,37,38)(H,30,31,32)/t15-,21-,23-,25+/m1/s1. The zero-order valence-corrected chi connectivity index (χ0v) is 23.2. The van der Waals surface area contributed by atoms with Crippen LogP contribution in [0.4, 0.5) is 10.2 Å². The number of nitrogens with one attached hydrogen (secondary N) is 1. The summed E-state index contributed by atoms with van der Waals surface area (Å²) in [6.07, 6.45) is 1.67. The SMILES string of the molecule is NS(=O)(=O)OC[C@H]1C[C@@H](Nc2ncncc2C(=O)c2cn(Cc3cccc(Br)c3)c3ccc(F)cc23)[C@H](O)[C@@H]1O. The zero-order valence-electron chi connectivity index (χ0n) is 20.8. The molecule has 0 radical (unpaired) electrons. The average Bonchev–Trinajstić information content (AvgIpc) is 3.38. The molecule has 2 aromatic heterocycles. The minimum Gasteiger partial charge on any atom is -0.390 e. The van der Waals surface area contributed by atoms with Crippen molar-refractivity contribution in [2.24, 2.45) is 11.1 Å². The highest BCUT2D eigenvalue weighted by molar-refractivity contribution is 9.10. The van der Waals surface area contributed by atoms with Gasteiger partial charge in [-0.3, -0.25) is 8.98 Å². The van der Waals surface area contributed by atoms with Gasteiger partial charge in [0.1, 0.15) is 24.1 Å². The first-order valence-electron chi connectivity index (χ1n) is 12.2. The molecule has 2 heterocycles. The third-order valence-corrected chi connectivity index (χ3v) is 7.81. The minimum absolute atomic E-state index is 0.0687. The summed E-state index contributed by atoms with van der Waals surface area (Å²) in [6.45, 7) is 0.00718. The summed E-state index contributed by atoms with van der Waals surface area (Å²) in [5.41, 5.74) is 1.92. The third-order valence-electron chi connectivity index (χ3n) is 6.86. The lowest BCUT2D eigenvalue weighted by Crippen LogP contribution is -2.36. The summed E-state index contributed by atoms with van der Waals surface area (Å²) in [4.78, 5) is 22.0. The molecular formula is C26H25BrFN5O6S. The van der Waals surface area contributed by atoms with E-state index >= 15 is 0 Å². The highest BCUT2D eigenvalue weighted by Gasteiger charge is 2.42. The van der Waals surface area contributed by atoms with Gasteiger partial charge in [0.2, 0.25) is 0 Å². The Morgan fingerprint density at radius 3 is 2.75 bits per heavy atom. The second-order valence-corrected chi connectivity index (χ2v) is 11.7. The van der Waals surface area contributed by atoms with E-state index in [9.17, 15) is 27.8 Å². The summed E-state index contributed by atoms with van der Waals surface area (Å²) in [5.74, 6) is -1.63. The number of fused-ring (bicyclic) bond motifs is 1. The predicted molar refractivity (Wildman–Crippen MR) is 147 cm³/mol. The van der Waals surface area contributed by atoms with Crippen LogP contribution in [0.25, 0.3) is 10.9 Å². The number of hydrogen-bond donors (Lipinski definition) is 4. The van der Waals surface area contributed by atoms with E-state index in [1.165, 1.54) is 24.7 Å². The minimum atomic E-state index is -4.23. The van der Waals surface area contributed by atoms with Crippen molar-refractivity contribution in [3.05, 3.63) is 88.2 Å². The molecule has 4 aromatic rings. The van der Waals surface area contributed by atoms with E-state index in [1.54, 1.807) is 12.3 Å². The first-order chi connectivity index (χ1) is 19.0. The van der Waals surface area contributed by atoms with Crippen LogP contribution < -0.4 is 10.5 Å². The quantitative estimate of drug-likeness (QED) is 0.202. The molecular weight excluding hydrogens is 609 g/mol. The normalized spacial score (nSPS) is 21.1. The molecule has 5 rings (SSSR count). The number of aromatic nitrogens is 3. The number of hydrogen-bond acceptors (Lipinski definition) is 9. The molecule has 5 N–H and O–H groups in total. The van der Waals surface area contributed by atoms with Crippen molar-refractivity contribution in [3.8, 4) is 0 Å². The summed E-state index contributed by atoms with van der Waals surface area (Å²) in [7, 11) is -4.23. The number of ketones is 1. The fraction of sp³-hybridized carbons (Fsp3) is 0.269. The maximum atomic E-state index is 14.3. The third kappa shape index (κ3) is 6.06. The second-order valence-electron chi connectivity index (χ2n) is 9.58. The Morgan fingerprint density at radius 2 is 2.00 bits per heavy atom. The molecule has 0 spiro atoms. The van der Waals surface area contributed by atoms with Gasteiger partial charge >= 0.3 is 10.3 Å². The van der Waals surface area contributed by atoms with Crippen molar-refractivity contribution in [1.29, 1.82) is 0 Å². The van der Waals surface area contributed by atoms with Crippen LogP contribution in [0.3, 0.4) is 0 Å². The highest BCUT2D eigenvalue weighted by atomic mass is 79.9. The molecule has 0 aliphatic heterocycles. The maximum Gasteiger partial charge on any atom is 0.333 e. The molecule has 1 saturated carbocycles. The van der Waals surface area contributed by atoms with Crippen molar-refractivity contribution < 1.29 is 32.0 Å². The van der Waals surface area contributed by atoms with Gasteiger partial charge in [0.05, 0.1) is 24.3 Å². The Bertz CT molecular complexity index is 1680. The van der Waals surface area contributed by atoms with E-state index in [1.807, 2.05) is 28.8 Å². The predicted octanol–water partition coefficient (Wildman–Crippen LogP) is 2.35. The number of anilines is 1. The van der Waals surface area contributed by atoms with E-state index in [-0.39, 0.29) is 23.4 Å². The van der Waals surface area contributed by atoms with Crippen LogP contribution in [0.15, 0.2) is 65.7 Å². The monoisotopic (exact) mass is 633 g/mol. The van der Waals surface area contributed by atoms with Gasteiger partial charge in [-0.25, -0.2) is 19.5 Å². The van der Waals surface area contributed by atoms with E-state index < -0.39 is 52.7 Å². The number of halogens is 2. The molecule has 0 bridgehead atoms. The fourth-order valence-corrected chi connectivity index (χ4v) is 5.77. The summed E-state index contributed by atoms with van der Waals surface area (Å²) < 4.78 is 43.9. The number of benzene rings is 2. The number of aliphatic hydroxyl groups excluding tert-OH is 2. The number of carbonyl (C=O) groups is 1. The van der Waals surface area contributed by atoms with Gasteiger partial charge in [-0.05, 0) is 42.3 Å². The van der Waals surface area contributed by atoms with E-state index in [0.717, 1.165) is 10.0 Å². The Hall–Kier alpha value is -3.27. The summed E-state index contributed by atoms with van der Waals surface area (Å²) >= 11 is 3.46. The second kappa shape index (κ2) is 11.3. The number of nitrogens with zero attached hydrogens (tertiary/aromatic N) is 3. The number of nitrogens with two attached hydrogens (primary N) is 1.